The van der Waals surface area contributed by atoms with Crippen LogP contribution in [0.1, 0.15) is 82.2 Å². The topological polar surface area (TPSA) is 127 Å². The minimum atomic E-state index is -1.82. The van der Waals surface area contributed by atoms with E-state index in [1.54, 1.807) is 0 Å². The molecule has 0 atom stereocenters. The van der Waals surface area contributed by atoms with Crippen molar-refractivity contribution in [1.82, 2.24) is 10.2 Å². The van der Waals surface area contributed by atoms with Crippen molar-refractivity contribution >= 4 is 17.8 Å². The van der Waals surface area contributed by atoms with Gasteiger partial charge in [0.15, 0.2) is 0 Å². The number of carboxylic acids is 2. The number of benzene rings is 2. The van der Waals surface area contributed by atoms with Gasteiger partial charge in [-0.05, 0) is 65.9 Å². The first-order chi connectivity index (χ1) is 18.0. The number of likely N-dealkylation sites (tertiary alicyclic amines) is 1. The molecule has 3 rings (SSSR count). The lowest BCUT2D eigenvalue weighted by atomic mass is 9.78. The van der Waals surface area contributed by atoms with E-state index in [9.17, 15) is 9.90 Å². The van der Waals surface area contributed by atoms with E-state index in [-0.39, 0.29) is 22.7 Å². The predicted octanol–water partition coefficient (Wildman–Crippen LogP) is 4.98. The number of nitrogens with zero attached hydrogens (tertiary/aromatic N) is 1. The lowest BCUT2D eigenvalue weighted by Crippen LogP contribution is -2.40. The molecule has 1 heterocycles. The van der Waals surface area contributed by atoms with Gasteiger partial charge < -0.3 is 20.6 Å². The number of aromatic hydroxyl groups is 1. The smallest absolute Gasteiger partial charge is 0.414 e. The molecule has 8 nitrogen and oxygen atoms in total. The summed E-state index contributed by atoms with van der Waals surface area (Å²) in [6, 6.07) is 12.7. The third-order valence-corrected chi connectivity index (χ3v) is 6.92. The number of nitrogens with one attached hydrogen (secondary N) is 1. The molecule has 0 spiro atoms. The summed E-state index contributed by atoms with van der Waals surface area (Å²) in [4.78, 5) is 33.3. The Morgan fingerprint density at radius 1 is 0.846 bits per heavy atom. The molecule has 4 N–H and O–H groups in total. The number of aliphatic carboxylic acids is 2. The van der Waals surface area contributed by atoms with Crippen LogP contribution in [0.5, 0.6) is 5.75 Å². The van der Waals surface area contributed by atoms with Crippen LogP contribution in [0.2, 0.25) is 0 Å². The van der Waals surface area contributed by atoms with E-state index in [2.05, 4.69) is 95.1 Å². The van der Waals surface area contributed by atoms with E-state index < -0.39 is 11.9 Å². The summed E-state index contributed by atoms with van der Waals surface area (Å²) < 4.78 is 0. The molecule has 1 saturated heterocycles. The van der Waals surface area contributed by atoms with Crippen LogP contribution < -0.4 is 5.32 Å². The molecule has 0 aromatic heterocycles. The highest BCUT2D eigenvalue weighted by atomic mass is 16.4. The summed E-state index contributed by atoms with van der Waals surface area (Å²) in [5, 5.41) is 28.9. The number of carboxylic acid groups (broad SMARTS) is 2. The van der Waals surface area contributed by atoms with Gasteiger partial charge in [-0.3, -0.25) is 9.69 Å². The molecule has 1 amide bonds. The Morgan fingerprint density at radius 3 is 1.72 bits per heavy atom. The molecule has 1 aliphatic rings. The fraction of sp³-hybridized carbons (Fsp3) is 0.516. The van der Waals surface area contributed by atoms with Crippen molar-refractivity contribution in [3.05, 3.63) is 64.2 Å². The SMILES string of the molecule is Cc1ccc(CNC(=O)C2CCN(Cc3cc(C(C)(C)C)c(O)c(C(C)(C)C)c3)CC2)cc1.O=C(O)C(=O)O. The Hall–Kier alpha value is -3.39. The van der Waals surface area contributed by atoms with Crippen molar-refractivity contribution < 1.29 is 29.7 Å². The number of carbonyl (C=O) groups is 3. The second-order valence-corrected chi connectivity index (χ2v) is 12.4. The van der Waals surface area contributed by atoms with Crippen LogP contribution in [-0.4, -0.2) is 51.2 Å². The molecule has 1 fully saturated rings. The Labute approximate surface area is 232 Å². The molecular formula is C31H44N2O6. The Morgan fingerprint density at radius 2 is 1.31 bits per heavy atom. The van der Waals surface area contributed by atoms with E-state index in [1.165, 1.54) is 11.1 Å². The average Bonchev–Trinajstić information content (AvgIpc) is 2.84. The molecular weight excluding hydrogens is 496 g/mol. The van der Waals surface area contributed by atoms with E-state index in [0.29, 0.717) is 12.3 Å². The number of piperidine rings is 1. The fourth-order valence-electron chi connectivity index (χ4n) is 4.58. The Kier molecular flexibility index (Phi) is 10.7. The van der Waals surface area contributed by atoms with Crippen molar-refractivity contribution in [2.24, 2.45) is 5.92 Å². The van der Waals surface area contributed by atoms with Gasteiger partial charge >= 0.3 is 11.9 Å². The van der Waals surface area contributed by atoms with Crippen molar-refractivity contribution in [3.63, 3.8) is 0 Å². The highest BCUT2D eigenvalue weighted by molar-refractivity contribution is 6.27. The third kappa shape index (κ3) is 9.70. The maximum atomic E-state index is 12.7. The average molecular weight is 541 g/mol. The summed E-state index contributed by atoms with van der Waals surface area (Å²) in [5.41, 5.74) is 5.39. The van der Waals surface area contributed by atoms with Gasteiger partial charge in [0, 0.05) is 19.0 Å². The first-order valence-electron chi connectivity index (χ1n) is 13.4. The van der Waals surface area contributed by atoms with Crippen LogP contribution in [-0.2, 0) is 38.3 Å². The van der Waals surface area contributed by atoms with E-state index in [1.807, 2.05) is 0 Å². The number of phenolic OH excluding ortho intramolecular Hbond substituents is 1. The number of amides is 1. The molecule has 0 saturated carbocycles. The zero-order valence-electron chi connectivity index (χ0n) is 24.3. The van der Waals surface area contributed by atoms with Crippen molar-refractivity contribution in [2.75, 3.05) is 13.1 Å². The molecule has 39 heavy (non-hydrogen) atoms. The number of phenols is 1. The number of aryl methyl sites for hydroxylation is 1. The minimum Gasteiger partial charge on any atom is -0.507 e. The monoisotopic (exact) mass is 540 g/mol. The van der Waals surface area contributed by atoms with Gasteiger partial charge in [-0.1, -0.05) is 83.5 Å². The molecule has 2 aromatic rings. The second-order valence-electron chi connectivity index (χ2n) is 12.4. The van der Waals surface area contributed by atoms with Crippen LogP contribution >= 0.6 is 0 Å². The van der Waals surface area contributed by atoms with Gasteiger partial charge in [-0.2, -0.15) is 0 Å². The van der Waals surface area contributed by atoms with Gasteiger partial charge in [0.1, 0.15) is 5.75 Å². The molecule has 0 radical (unpaired) electrons. The van der Waals surface area contributed by atoms with Gasteiger partial charge in [0.2, 0.25) is 5.91 Å². The van der Waals surface area contributed by atoms with Crippen LogP contribution in [0.25, 0.3) is 0 Å². The summed E-state index contributed by atoms with van der Waals surface area (Å²) in [6.45, 7) is 18.3. The number of carbonyl (C=O) groups excluding carboxylic acids is 1. The zero-order valence-corrected chi connectivity index (χ0v) is 24.3. The lowest BCUT2D eigenvalue weighted by Gasteiger charge is -2.33. The highest BCUT2D eigenvalue weighted by Gasteiger charge is 2.28. The minimum absolute atomic E-state index is 0.0850. The molecule has 8 heteroatoms. The second kappa shape index (κ2) is 13.1. The first kappa shape index (κ1) is 31.8. The predicted molar refractivity (Wildman–Crippen MR) is 152 cm³/mol. The molecule has 0 bridgehead atoms. The largest absolute Gasteiger partial charge is 0.507 e. The van der Waals surface area contributed by atoms with Gasteiger partial charge in [-0.15, -0.1) is 0 Å². The van der Waals surface area contributed by atoms with Crippen LogP contribution in [0.4, 0.5) is 0 Å². The van der Waals surface area contributed by atoms with Crippen molar-refractivity contribution in [2.45, 2.75) is 85.2 Å². The van der Waals surface area contributed by atoms with E-state index in [4.69, 9.17) is 19.8 Å². The van der Waals surface area contributed by atoms with E-state index in [0.717, 1.165) is 49.2 Å². The normalized spacial score (nSPS) is 14.7. The Balaban J connectivity index is 0.000000798. The van der Waals surface area contributed by atoms with Gasteiger partial charge in [0.05, 0.1) is 0 Å². The highest BCUT2D eigenvalue weighted by Crippen LogP contribution is 2.40. The van der Waals surface area contributed by atoms with Gasteiger partial charge in [0.25, 0.3) is 0 Å². The summed E-state index contributed by atoms with van der Waals surface area (Å²) in [6.07, 6.45) is 1.77. The number of hydrogen-bond acceptors (Lipinski definition) is 5. The number of rotatable bonds is 5. The summed E-state index contributed by atoms with van der Waals surface area (Å²) >= 11 is 0. The van der Waals surface area contributed by atoms with Crippen molar-refractivity contribution in [1.29, 1.82) is 0 Å². The van der Waals surface area contributed by atoms with E-state index >= 15 is 0 Å². The number of hydrogen-bond donors (Lipinski definition) is 4. The molecule has 0 aliphatic carbocycles. The quantitative estimate of drug-likeness (QED) is 0.394. The lowest BCUT2D eigenvalue weighted by molar-refractivity contribution is -0.159. The summed E-state index contributed by atoms with van der Waals surface area (Å²) in [5.74, 6) is -2.96. The van der Waals surface area contributed by atoms with Crippen LogP contribution in [0.15, 0.2) is 36.4 Å². The summed E-state index contributed by atoms with van der Waals surface area (Å²) in [7, 11) is 0. The molecule has 214 valence electrons. The first-order valence-corrected chi connectivity index (χ1v) is 13.4. The van der Waals surface area contributed by atoms with Crippen LogP contribution in [0.3, 0.4) is 0 Å². The zero-order chi connectivity index (χ0) is 29.5. The maximum absolute atomic E-state index is 12.7. The van der Waals surface area contributed by atoms with Crippen molar-refractivity contribution in [3.8, 4) is 5.75 Å². The standard InChI is InChI=1S/C29H42N2O2.C2H2O4/c1-20-8-10-21(11-9-20)18-30-27(33)23-12-14-31(15-13-23)19-22-16-24(28(2,3)4)26(32)25(17-22)29(5,6)7;3-1(4)2(5)6/h8-11,16-17,23,32H,12-15,18-19H2,1-7H3,(H,30,33);(H,3,4)(H,5,6). The third-order valence-electron chi connectivity index (χ3n) is 6.92. The van der Waals surface area contributed by atoms with Gasteiger partial charge in [-0.25, -0.2) is 9.59 Å². The fourth-order valence-corrected chi connectivity index (χ4v) is 4.58. The molecule has 2 aromatic carbocycles. The van der Waals surface area contributed by atoms with Crippen LogP contribution in [0, 0.1) is 12.8 Å². The molecule has 0 unspecified atom stereocenters. The Bertz CT molecular complexity index is 1100. The maximum Gasteiger partial charge on any atom is 0.414 e. The molecule has 1 aliphatic heterocycles.